The van der Waals surface area contributed by atoms with Crippen LogP contribution in [-0.2, 0) is 16.1 Å². The Hall–Kier alpha value is -3.88. The average molecular weight is 456 g/mol. The highest BCUT2D eigenvalue weighted by atomic mass is 19.1. The molecule has 6 nitrogen and oxygen atoms in total. The fraction of sp³-hybridized carbons (Fsp3) is 0.208. The predicted octanol–water partition coefficient (Wildman–Crippen LogP) is 4.76. The number of ether oxygens (including phenoxy) is 1. The molecule has 0 fully saturated rings. The molecule has 2 aromatic carbocycles. The number of hydrogen-bond acceptors (Lipinski definition) is 6. The summed E-state index contributed by atoms with van der Waals surface area (Å²) in [5.74, 6) is -3.15. The molecule has 3 aromatic rings. The lowest BCUT2D eigenvalue weighted by Gasteiger charge is -2.16. The van der Waals surface area contributed by atoms with E-state index < -0.39 is 29.0 Å². The molecule has 0 amide bonds. The van der Waals surface area contributed by atoms with Crippen molar-refractivity contribution in [2.24, 2.45) is 5.16 Å². The van der Waals surface area contributed by atoms with Crippen molar-refractivity contribution >= 4 is 11.7 Å². The molecule has 1 N–H and O–H groups in total. The number of pyridine rings is 1. The number of carbonyl (C=O) groups excluding carboxylic acids is 1. The Labute approximate surface area is 187 Å². The quantitative estimate of drug-likeness (QED) is 0.541. The number of aromatic hydroxyl groups is 1. The first-order valence-corrected chi connectivity index (χ1v) is 10.0. The van der Waals surface area contributed by atoms with Crippen molar-refractivity contribution in [1.29, 1.82) is 0 Å². The minimum Gasteiger partial charge on any atom is -0.506 e. The van der Waals surface area contributed by atoms with E-state index in [0.29, 0.717) is 28.1 Å². The number of carbonyl (C=O) groups is 1. The van der Waals surface area contributed by atoms with Gasteiger partial charge in [-0.15, -0.1) is 0 Å². The van der Waals surface area contributed by atoms with Crippen LogP contribution in [0.4, 0.5) is 13.2 Å². The number of halogens is 3. The molecule has 1 aliphatic heterocycles. The fourth-order valence-corrected chi connectivity index (χ4v) is 3.60. The van der Waals surface area contributed by atoms with Crippen LogP contribution in [0.5, 0.6) is 11.5 Å². The molecule has 0 bridgehead atoms. The third kappa shape index (κ3) is 4.52. The van der Waals surface area contributed by atoms with Crippen molar-refractivity contribution in [3.8, 4) is 22.8 Å². The molecule has 1 aliphatic rings. The summed E-state index contributed by atoms with van der Waals surface area (Å²) in [6.07, 6.45) is 0.155. The van der Waals surface area contributed by atoms with Gasteiger partial charge in [0.25, 0.3) is 0 Å². The van der Waals surface area contributed by atoms with E-state index in [9.17, 15) is 23.1 Å². The minimum absolute atomic E-state index is 0.00332. The van der Waals surface area contributed by atoms with Gasteiger partial charge in [-0.25, -0.2) is 22.9 Å². The molecular formula is C24H19F3N2O4. The van der Waals surface area contributed by atoms with E-state index in [-0.39, 0.29) is 36.6 Å². The number of hydrogen-bond donors (Lipinski definition) is 1. The highest BCUT2D eigenvalue weighted by Gasteiger charge is 2.21. The number of aryl methyl sites for hydroxylation is 1. The van der Waals surface area contributed by atoms with E-state index in [2.05, 4.69) is 15.0 Å². The monoisotopic (exact) mass is 456 g/mol. The first-order chi connectivity index (χ1) is 15.7. The van der Waals surface area contributed by atoms with Gasteiger partial charge in [0.15, 0.2) is 11.6 Å². The van der Waals surface area contributed by atoms with Gasteiger partial charge in [-0.05, 0) is 60.9 Å². The molecular weight excluding hydrogens is 437 g/mol. The number of aromatic nitrogens is 1. The van der Waals surface area contributed by atoms with Crippen molar-refractivity contribution in [3.63, 3.8) is 0 Å². The maximum Gasteiger partial charge on any atom is 0.340 e. The van der Waals surface area contributed by atoms with Gasteiger partial charge in [0.05, 0.1) is 12.0 Å². The molecule has 2 heterocycles. The van der Waals surface area contributed by atoms with Gasteiger partial charge < -0.3 is 14.7 Å². The van der Waals surface area contributed by atoms with E-state index in [0.717, 1.165) is 12.1 Å². The van der Waals surface area contributed by atoms with Crippen LogP contribution < -0.4 is 4.74 Å². The van der Waals surface area contributed by atoms with E-state index >= 15 is 0 Å². The minimum atomic E-state index is -0.853. The van der Waals surface area contributed by atoms with Crippen LogP contribution >= 0.6 is 0 Å². The van der Waals surface area contributed by atoms with Crippen LogP contribution in [0.25, 0.3) is 11.3 Å². The lowest BCUT2D eigenvalue weighted by molar-refractivity contribution is -0.140. The SMILES string of the molecule is Cc1cc(OCC2=NOC(=O)C2)c(F)c(C)c1Cc1ccc(O)c(-c2c(F)cccc2F)n1. The summed E-state index contributed by atoms with van der Waals surface area (Å²) >= 11 is 0. The Morgan fingerprint density at radius 2 is 1.85 bits per heavy atom. The third-order valence-electron chi connectivity index (χ3n) is 5.33. The second-order valence-corrected chi connectivity index (χ2v) is 7.64. The van der Waals surface area contributed by atoms with Crippen molar-refractivity contribution < 1.29 is 32.6 Å². The smallest absolute Gasteiger partial charge is 0.340 e. The van der Waals surface area contributed by atoms with E-state index in [4.69, 9.17) is 4.74 Å². The second kappa shape index (κ2) is 8.93. The molecule has 33 heavy (non-hydrogen) atoms. The largest absolute Gasteiger partial charge is 0.506 e. The normalized spacial score (nSPS) is 13.1. The molecule has 0 saturated heterocycles. The van der Waals surface area contributed by atoms with Crippen LogP contribution in [-0.4, -0.2) is 28.4 Å². The third-order valence-corrected chi connectivity index (χ3v) is 5.33. The van der Waals surface area contributed by atoms with E-state index in [1.54, 1.807) is 13.8 Å². The topological polar surface area (TPSA) is 81.0 Å². The molecule has 0 radical (unpaired) electrons. The van der Waals surface area contributed by atoms with Gasteiger partial charge >= 0.3 is 5.97 Å². The zero-order valence-electron chi connectivity index (χ0n) is 17.8. The molecule has 9 heteroatoms. The second-order valence-electron chi connectivity index (χ2n) is 7.64. The number of oxime groups is 1. The number of benzene rings is 2. The van der Waals surface area contributed by atoms with Gasteiger partial charge in [-0.2, -0.15) is 0 Å². The van der Waals surface area contributed by atoms with Crippen LogP contribution in [0, 0.1) is 31.3 Å². The highest BCUT2D eigenvalue weighted by molar-refractivity contribution is 6.02. The van der Waals surface area contributed by atoms with Gasteiger partial charge in [0.2, 0.25) is 0 Å². The predicted molar refractivity (Wildman–Crippen MR) is 114 cm³/mol. The summed E-state index contributed by atoms with van der Waals surface area (Å²) in [4.78, 5) is 19.8. The van der Waals surface area contributed by atoms with Crippen LogP contribution in [0.3, 0.4) is 0 Å². The first-order valence-electron chi connectivity index (χ1n) is 10.0. The first kappa shape index (κ1) is 22.3. The molecule has 0 atom stereocenters. The van der Waals surface area contributed by atoms with Crippen molar-refractivity contribution in [3.05, 3.63) is 76.2 Å². The average Bonchev–Trinajstić information content (AvgIpc) is 3.19. The summed E-state index contributed by atoms with van der Waals surface area (Å²) in [6.45, 7) is 3.27. The van der Waals surface area contributed by atoms with Crippen molar-refractivity contribution in [2.45, 2.75) is 26.7 Å². The highest BCUT2D eigenvalue weighted by Crippen LogP contribution is 2.33. The van der Waals surface area contributed by atoms with Gasteiger partial charge in [-0.1, -0.05) is 11.2 Å². The Balaban J connectivity index is 1.62. The lowest BCUT2D eigenvalue weighted by atomic mass is 9.96. The Bertz CT molecular complexity index is 1270. The Morgan fingerprint density at radius 1 is 1.12 bits per heavy atom. The summed E-state index contributed by atoms with van der Waals surface area (Å²) in [6, 6.07) is 7.70. The van der Waals surface area contributed by atoms with E-state index in [1.807, 2.05) is 0 Å². The maximum atomic E-state index is 15.0. The zero-order chi connectivity index (χ0) is 23.7. The van der Waals surface area contributed by atoms with Crippen LogP contribution in [0.15, 0.2) is 41.6 Å². The summed E-state index contributed by atoms with van der Waals surface area (Å²) in [5.41, 5.74) is 1.73. The summed E-state index contributed by atoms with van der Waals surface area (Å²) in [5, 5.41) is 13.7. The molecule has 0 saturated carbocycles. The Kier molecular flexibility index (Phi) is 6.04. The van der Waals surface area contributed by atoms with Gasteiger partial charge in [0, 0.05) is 12.1 Å². The molecule has 1 aromatic heterocycles. The summed E-state index contributed by atoms with van der Waals surface area (Å²) in [7, 11) is 0. The fourth-order valence-electron chi connectivity index (χ4n) is 3.60. The van der Waals surface area contributed by atoms with Crippen LogP contribution in [0.2, 0.25) is 0 Å². The summed E-state index contributed by atoms with van der Waals surface area (Å²) < 4.78 is 48.9. The molecule has 170 valence electrons. The Morgan fingerprint density at radius 3 is 2.52 bits per heavy atom. The molecule has 0 aliphatic carbocycles. The van der Waals surface area contributed by atoms with E-state index in [1.165, 1.54) is 24.3 Å². The van der Waals surface area contributed by atoms with Crippen molar-refractivity contribution in [1.82, 2.24) is 4.98 Å². The lowest BCUT2D eigenvalue weighted by Crippen LogP contribution is -2.12. The number of nitrogens with zero attached hydrogens (tertiary/aromatic N) is 2. The van der Waals surface area contributed by atoms with Gasteiger partial charge in [0.1, 0.15) is 35.4 Å². The van der Waals surface area contributed by atoms with Gasteiger partial charge in [-0.3, -0.25) is 0 Å². The van der Waals surface area contributed by atoms with Crippen LogP contribution in [0.1, 0.15) is 28.8 Å². The number of rotatable bonds is 6. The maximum absolute atomic E-state index is 15.0. The van der Waals surface area contributed by atoms with Crippen molar-refractivity contribution in [2.75, 3.05) is 6.61 Å². The zero-order valence-corrected chi connectivity index (χ0v) is 17.8. The molecule has 0 spiro atoms. The molecule has 4 rings (SSSR count). The standard InChI is InChI=1S/C24H19F3N2O4/c1-12-8-20(32-11-15-10-21(31)33-29-15)23(27)13(2)16(12)9-14-6-7-19(30)24(28-14)22-17(25)4-3-5-18(22)26/h3-8,30H,9-11H2,1-2H3. The molecule has 0 unspecified atom stereocenters.